The molecule has 1 unspecified atom stereocenters. The van der Waals surface area contributed by atoms with Crippen molar-refractivity contribution in [3.05, 3.63) is 103 Å². The summed E-state index contributed by atoms with van der Waals surface area (Å²) in [5, 5.41) is 8.35. The van der Waals surface area contributed by atoms with E-state index >= 15 is 0 Å². The Morgan fingerprint density at radius 3 is 2.59 bits per heavy atom. The Hall–Kier alpha value is -4.66. The van der Waals surface area contributed by atoms with Crippen LogP contribution in [0.25, 0.3) is 16.6 Å². The summed E-state index contributed by atoms with van der Waals surface area (Å²) in [5.41, 5.74) is 1.37. The predicted molar refractivity (Wildman–Crippen MR) is 137 cm³/mol. The number of ether oxygens (including phenoxy) is 2. The van der Waals surface area contributed by atoms with Crippen molar-refractivity contribution in [2.45, 2.75) is 19.1 Å². The van der Waals surface area contributed by atoms with E-state index in [1.165, 1.54) is 12.1 Å². The van der Waals surface area contributed by atoms with E-state index in [-0.39, 0.29) is 17.4 Å². The maximum Gasteiger partial charge on any atom is 0.274 e. The fourth-order valence-electron chi connectivity index (χ4n) is 4.24. The van der Waals surface area contributed by atoms with Gasteiger partial charge in [0.15, 0.2) is 0 Å². The van der Waals surface area contributed by atoms with E-state index in [1.807, 2.05) is 49.4 Å². The molecule has 0 saturated carbocycles. The Kier molecular flexibility index (Phi) is 6.35. The maximum atomic E-state index is 13.4. The molecule has 0 aliphatic heterocycles. The zero-order valence-electron chi connectivity index (χ0n) is 20.7. The van der Waals surface area contributed by atoms with Gasteiger partial charge in [0.1, 0.15) is 23.0 Å². The lowest BCUT2D eigenvalue weighted by Gasteiger charge is -2.35. The van der Waals surface area contributed by atoms with Crippen LogP contribution in [0.15, 0.2) is 85.5 Å². The topological polar surface area (TPSA) is 83.2 Å². The summed E-state index contributed by atoms with van der Waals surface area (Å²) in [6.45, 7) is 1.93. The van der Waals surface area contributed by atoms with E-state index in [9.17, 15) is 9.18 Å². The first-order chi connectivity index (χ1) is 17.9. The molecular weight excluding hydrogens is 473 g/mol. The first-order valence-corrected chi connectivity index (χ1v) is 11.8. The van der Waals surface area contributed by atoms with Crippen molar-refractivity contribution in [1.29, 1.82) is 0 Å². The van der Waals surface area contributed by atoms with E-state index in [4.69, 9.17) is 9.47 Å². The standard InChI is InChI=1S/C28H26FN5O3/c1-4-28(20-6-5-7-23(15-20)36-3,32-27(35)25-17-33(2)18-30-25)37-24-12-13-26-19(14-24)16-31-34(26)22-10-8-21(29)9-11-22/h5-18H,4H2,1-3H3,(H,32,35). The molecule has 5 aromatic rings. The van der Waals surface area contributed by atoms with Crippen molar-refractivity contribution in [3.8, 4) is 17.2 Å². The van der Waals surface area contributed by atoms with Crippen molar-refractivity contribution in [2.75, 3.05) is 7.11 Å². The van der Waals surface area contributed by atoms with Crippen molar-refractivity contribution < 1.29 is 18.7 Å². The third kappa shape index (κ3) is 4.75. The Morgan fingerprint density at radius 1 is 1.08 bits per heavy atom. The molecule has 1 atom stereocenters. The number of methoxy groups -OCH3 is 1. The number of amides is 1. The highest BCUT2D eigenvalue weighted by atomic mass is 19.1. The average molecular weight is 500 g/mol. The highest BCUT2D eigenvalue weighted by molar-refractivity contribution is 5.92. The van der Waals surface area contributed by atoms with Crippen molar-refractivity contribution in [1.82, 2.24) is 24.6 Å². The lowest BCUT2D eigenvalue weighted by Crippen LogP contribution is -2.50. The second kappa shape index (κ2) is 9.77. The first-order valence-electron chi connectivity index (χ1n) is 11.8. The van der Waals surface area contributed by atoms with Gasteiger partial charge in [-0.15, -0.1) is 0 Å². The summed E-state index contributed by atoms with van der Waals surface area (Å²) in [6.07, 6.45) is 5.36. The number of nitrogens with one attached hydrogen (secondary N) is 1. The number of rotatable bonds is 8. The number of hydrogen-bond donors (Lipinski definition) is 1. The number of aryl methyl sites for hydroxylation is 1. The molecule has 5 rings (SSSR count). The van der Waals surface area contributed by atoms with Crippen LogP contribution in [0.4, 0.5) is 4.39 Å². The van der Waals surface area contributed by atoms with Crippen LogP contribution in [-0.4, -0.2) is 32.3 Å². The van der Waals surface area contributed by atoms with Crippen LogP contribution in [0.3, 0.4) is 0 Å². The van der Waals surface area contributed by atoms with Crippen LogP contribution >= 0.6 is 0 Å². The summed E-state index contributed by atoms with van der Waals surface area (Å²) in [7, 11) is 3.39. The number of carbonyl (C=O) groups excluding carboxylic acids is 1. The molecule has 1 amide bonds. The van der Waals surface area contributed by atoms with Crippen LogP contribution < -0.4 is 14.8 Å². The number of fused-ring (bicyclic) bond motifs is 1. The fourth-order valence-corrected chi connectivity index (χ4v) is 4.24. The maximum absolute atomic E-state index is 13.4. The Balaban J connectivity index is 1.53. The van der Waals surface area contributed by atoms with Crippen LogP contribution in [-0.2, 0) is 12.8 Å². The highest BCUT2D eigenvalue weighted by Crippen LogP contribution is 2.33. The molecule has 0 bridgehead atoms. The van der Waals surface area contributed by atoms with E-state index < -0.39 is 5.72 Å². The molecule has 0 aliphatic carbocycles. The summed E-state index contributed by atoms with van der Waals surface area (Å²) in [5.74, 6) is 0.506. The number of nitrogens with zero attached hydrogens (tertiary/aromatic N) is 4. The van der Waals surface area contributed by atoms with E-state index in [2.05, 4.69) is 15.4 Å². The summed E-state index contributed by atoms with van der Waals surface area (Å²) in [4.78, 5) is 17.4. The Labute approximate surface area is 213 Å². The molecule has 0 radical (unpaired) electrons. The predicted octanol–water partition coefficient (Wildman–Crippen LogP) is 4.98. The van der Waals surface area contributed by atoms with Gasteiger partial charge in [0.2, 0.25) is 5.72 Å². The van der Waals surface area contributed by atoms with Gasteiger partial charge in [0, 0.05) is 30.6 Å². The molecule has 2 aromatic heterocycles. The lowest BCUT2D eigenvalue weighted by atomic mass is 9.98. The van der Waals surface area contributed by atoms with Crippen LogP contribution in [0.1, 0.15) is 29.4 Å². The van der Waals surface area contributed by atoms with Gasteiger partial charge in [0.05, 0.1) is 30.8 Å². The molecule has 0 saturated heterocycles. The number of imidazole rings is 1. The van der Waals surface area contributed by atoms with Gasteiger partial charge in [-0.05, 0) is 54.6 Å². The summed E-state index contributed by atoms with van der Waals surface area (Å²) in [6, 6.07) is 19.1. The molecule has 0 fully saturated rings. The largest absolute Gasteiger partial charge is 0.497 e. The van der Waals surface area contributed by atoms with Gasteiger partial charge in [-0.1, -0.05) is 19.1 Å². The molecule has 37 heavy (non-hydrogen) atoms. The van der Waals surface area contributed by atoms with Crippen molar-refractivity contribution in [2.24, 2.45) is 7.05 Å². The monoisotopic (exact) mass is 499 g/mol. The normalized spacial score (nSPS) is 12.8. The number of carbonyl (C=O) groups is 1. The molecular formula is C28H26FN5O3. The van der Waals surface area contributed by atoms with Gasteiger partial charge >= 0.3 is 0 Å². The number of hydrogen-bond acceptors (Lipinski definition) is 5. The number of aromatic nitrogens is 4. The van der Waals surface area contributed by atoms with Gasteiger partial charge < -0.3 is 19.4 Å². The lowest BCUT2D eigenvalue weighted by molar-refractivity contribution is 0.0226. The van der Waals surface area contributed by atoms with Crippen LogP contribution in [0.2, 0.25) is 0 Å². The first kappa shape index (κ1) is 24.1. The van der Waals surface area contributed by atoms with E-state index in [0.717, 1.165) is 22.2 Å². The summed E-state index contributed by atoms with van der Waals surface area (Å²) >= 11 is 0. The molecule has 8 nitrogen and oxygen atoms in total. The third-order valence-corrected chi connectivity index (χ3v) is 6.19. The Bertz CT molecular complexity index is 1560. The molecule has 3 aromatic carbocycles. The second-order valence-corrected chi connectivity index (χ2v) is 8.65. The second-order valence-electron chi connectivity index (χ2n) is 8.65. The average Bonchev–Trinajstić information content (AvgIpc) is 3.55. The minimum Gasteiger partial charge on any atom is -0.497 e. The molecule has 188 valence electrons. The molecule has 2 heterocycles. The highest BCUT2D eigenvalue weighted by Gasteiger charge is 2.36. The van der Waals surface area contributed by atoms with Crippen molar-refractivity contribution >= 4 is 16.8 Å². The van der Waals surface area contributed by atoms with Crippen molar-refractivity contribution in [3.63, 3.8) is 0 Å². The van der Waals surface area contributed by atoms with Crippen LogP contribution in [0, 0.1) is 5.82 Å². The zero-order chi connectivity index (χ0) is 26.0. The minimum absolute atomic E-state index is 0.280. The Morgan fingerprint density at radius 2 is 1.89 bits per heavy atom. The zero-order valence-corrected chi connectivity index (χ0v) is 20.7. The fraction of sp³-hybridized carbons (Fsp3) is 0.179. The molecule has 1 N–H and O–H groups in total. The number of halogens is 1. The van der Waals surface area contributed by atoms with Gasteiger partial charge in [-0.2, -0.15) is 5.10 Å². The van der Waals surface area contributed by atoms with Gasteiger partial charge in [0.25, 0.3) is 5.91 Å². The molecule has 0 spiro atoms. The number of benzene rings is 3. The molecule has 9 heteroatoms. The SMILES string of the molecule is CCC(NC(=O)c1cn(C)cn1)(Oc1ccc2c(cnn2-c2ccc(F)cc2)c1)c1cccc(OC)c1. The molecule has 0 aliphatic rings. The van der Waals surface area contributed by atoms with Gasteiger partial charge in [-0.25, -0.2) is 14.1 Å². The van der Waals surface area contributed by atoms with E-state index in [0.29, 0.717) is 17.9 Å². The summed E-state index contributed by atoms with van der Waals surface area (Å²) < 4.78 is 28.8. The minimum atomic E-state index is -1.20. The quantitative estimate of drug-likeness (QED) is 0.305. The van der Waals surface area contributed by atoms with E-state index in [1.54, 1.807) is 54.3 Å². The van der Waals surface area contributed by atoms with Gasteiger partial charge in [-0.3, -0.25) is 4.79 Å². The third-order valence-electron chi connectivity index (χ3n) is 6.19. The smallest absolute Gasteiger partial charge is 0.274 e. The van der Waals surface area contributed by atoms with Crippen LogP contribution in [0.5, 0.6) is 11.5 Å².